The molecule has 1 aromatic heterocycles. The van der Waals surface area contributed by atoms with E-state index in [0.29, 0.717) is 12.1 Å². The number of hydrogen-bond acceptors (Lipinski definition) is 4. The van der Waals surface area contributed by atoms with Gasteiger partial charge in [0.15, 0.2) is 0 Å². The number of nitro benzene ring substituents is 1. The van der Waals surface area contributed by atoms with Crippen molar-refractivity contribution in [3.8, 4) is 0 Å². The van der Waals surface area contributed by atoms with Crippen LogP contribution in [-0.2, 0) is 6.54 Å². The quantitative estimate of drug-likeness (QED) is 0.670. The second kappa shape index (κ2) is 6.25. The molecule has 5 heteroatoms. The summed E-state index contributed by atoms with van der Waals surface area (Å²) in [5.41, 5.74) is 3.10. The first-order valence-corrected chi connectivity index (χ1v) is 6.45. The van der Waals surface area contributed by atoms with Crippen LogP contribution in [0.2, 0.25) is 0 Å². The van der Waals surface area contributed by atoms with Gasteiger partial charge < -0.3 is 5.32 Å². The molecule has 0 aliphatic rings. The third-order valence-corrected chi connectivity index (χ3v) is 3.34. The summed E-state index contributed by atoms with van der Waals surface area (Å²) in [5, 5.41) is 14.3. The van der Waals surface area contributed by atoms with Gasteiger partial charge in [-0.3, -0.25) is 15.1 Å². The minimum Gasteiger partial charge on any atom is -0.306 e. The van der Waals surface area contributed by atoms with Crippen LogP contribution in [-0.4, -0.2) is 9.91 Å². The molecule has 5 nitrogen and oxygen atoms in total. The molecule has 1 atom stereocenters. The summed E-state index contributed by atoms with van der Waals surface area (Å²) < 4.78 is 0. The smallest absolute Gasteiger partial charge is 0.274 e. The lowest BCUT2D eigenvalue weighted by Gasteiger charge is -2.15. The Kier molecular flexibility index (Phi) is 4.42. The van der Waals surface area contributed by atoms with E-state index in [-0.39, 0.29) is 16.7 Å². The zero-order valence-electron chi connectivity index (χ0n) is 11.5. The summed E-state index contributed by atoms with van der Waals surface area (Å²) in [6.45, 7) is 4.58. The van der Waals surface area contributed by atoms with Gasteiger partial charge in [-0.25, -0.2) is 0 Å². The van der Waals surface area contributed by atoms with E-state index in [1.807, 2.05) is 32.2 Å². The van der Waals surface area contributed by atoms with Crippen molar-refractivity contribution >= 4 is 5.69 Å². The fourth-order valence-electron chi connectivity index (χ4n) is 2.09. The van der Waals surface area contributed by atoms with Crippen LogP contribution in [0.4, 0.5) is 5.69 Å². The van der Waals surface area contributed by atoms with Crippen molar-refractivity contribution in [3.63, 3.8) is 0 Å². The first kappa shape index (κ1) is 14.1. The van der Waals surface area contributed by atoms with Gasteiger partial charge in [0, 0.05) is 36.6 Å². The van der Waals surface area contributed by atoms with Crippen molar-refractivity contribution in [3.05, 3.63) is 69.5 Å². The van der Waals surface area contributed by atoms with Crippen LogP contribution in [0.15, 0.2) is 42.7 Å². The van der Waals surface area contributed by atoms with E-state index in [0.717, 1.165) is 11.1 Å². The van der Waals surface area contributed by atoms with Gasteiger partial charge >= 0.3 is 0 Å². The Hall–Kier alpha value is -2.27. The maximum atomic E-state index is 11.0. The Morgan fingerprint density at radius 1 is 1.35 bits per heavy atom. The Labute approximate surface area is 117 Å². The highest BCUT2D eigenvalue weighted by Gasteiger charge is 2.17. The Morgan fingerprint density at radius 3 is 2.80 bits per heavy atom. The van der Waals surface area contributed by atoms with Crippen LogP contribution >= 0.6 is 0 Å². The highest BCUT2D eigenvalue weighted by Crippen LogP contribution is 2.24. The molecule has 0 fully saturated rings. The van der Waals surface area contributed by atoms with Gasteiger partial charge in [-0.1, -0.05) is 18.2 Å². The minimum absolute atomic E-state index is 0.0934. The molecular formula is C15H17N3O2. The second-order valence-electron chi connectivity index (χ2n) is 4.72. The monoisotopic (exact) mass is 271 g/mol. The van der Waals surface area contributed by atoms with Gasteiger partial charge in [0.25, 0.3) is 5.69 Å². The lowest BCUT2D eigenvalue weighted by molar-refractivity contribution is -0.385. The van der Waals surface area contributed by atoms with Crippen molar-refractivity contribution in [1.82, 2.24) is 10.3 Å². The Bertz CT molecular complexity index is 614. The predicted octanol–water partition coefficient (Wildman–Crippen LogP) is 3.15. The zero-order chi connectivity index (χ0) is 14.5. The maximum absolute atomic E-state index is 11.0. The van der Waals surface area contributed by atoms with E-state index in [2.05, 4.69) is 10.3 Å². The summed E-state index contributed by atoms with van der Waals surface area (Å²) in [6.07, 6.45) is 3.56. The van der Waals surface area contributed by atoms with E-state index in [1.54, 1.807) is 18.3 Å². The summed E-state index contributed by atoms with van der Waals surface area (Å²) in [5.74, 6) is 0. The molecule has 0 aliphatic carbocycles. The van der Waals surface area contributed by atoms with Crippen molar-refractivity contribution in [2.75, 3.05) is 0 Å². The van der Waals surface area contributed by atoms with E-state index in [1.165, 1.54) is 6.07 Å². The highest BCUT2D eigenvalue weighted by atomic mass is 16.6. The van der Waals surface area contributed by atoms with E-state index in [9.17, 15) is 10.1 Å². The number of aryl methyl sites for hydroxylation is 1. The minimum atomic E-state index is -0.342. The van der Waals surface area contributed by atoms with Crippen LogP contribution < -0.4 is 5.32 Å². The number of rotatable bonds is 5. The zero-order valence-corrected chi connectivity index (χ0v) is 11.5. The molecule has 1 N–H and O–H groups in total. The standard InChI is InChI=1S/C15H17N3O2/c1-11-9-16-8-7-13(11)10-17-12(2)14-5-3-4-6-15(14)18(19)20/h3-9,12,17H,10H2,1-2H3. The van der Waals surface area contributed by atoms with Crippen molar-refractivity contribution in [2.24, 2.45) is 0 Å². The molecule has 0 radical (unpaired) electrons. The number of nitro groups is 1. The third kappa shape index (κ3) is 3.19. The van der Waals surface area contributed by atoms with Gasteiger partial charge in [-0.05, 0) is 31.0 Å². The largest absolute Gasteiger partial charge is 0.306 e. The molecule has 0 aliphatic heterocycles. The molecule has 0 spiro atoms. The Morgan fingerprint density at radius 2 is 2.10 bits per heavy atom. The molecule has 20 heavy (non-hydrogen) atoms. The van der Waals surface area contributed by atoms with Crippen LogP contribution in [0.25, 0.3) is 0 Å². The first-order valence-electron chi connectivity index (χ1n) is 6.45. The molecule has 0 saturated heterocycles. The second-order valence-corrected chi connectivity index (χ2v) is 4.72. The topological polar surface area (TPSA) is 68.1 Å². The Balaban J connectivity index is 2.11. The molecule has 104 valence electrons. The molecular weight excluding hydrogens is 254 g/mol. The van der Waals surface area contributed by atoms with Gasteiger partial charge in [0.2, 0.25) is 0 Å². The van der Waals surface area contributed by atoms with Gasteiger partial charge in [-0.2, -0.15) is 0 Å². The fourth-order valence-corrected chi connectivity index (χ4v) is 2.09. The van der Waals surface area contributed by atoms with Gasteiger partial charge in [0.05, 0.1) is 4.92 Å². The summed E-state index contributed by atoms with van der Waals surface area (Å²) in [4.78, 5) is 14.7. The summed E-state index contributed by atoms with van der Waals surface area (Å²) >= 11 is 0. The lowest BCUT2D eigenvalue weighted by atomic mass is 10.1. The van der Waals surface area contributed by atoms with Crippen molar-refractivity contribution in [2.45, 2.75) is 26.4 Å². The molecule has 0 amide bonds. The molecule has 0 bridgehead atoms. The third-order valence-electron chi connectivity index (χ3n) is 3.34. The van der Waals surface area contributed by atoms with Crippen molar-refractivity contribution < 1.29 is 4.92 Å². The summed E-state index contributed by atoms with van der Waals surface area (Å²) in [6, 6.07) is 8.68. The van der Waals surface area contributed by atoms with Crippen LogP contribution in [0.5, 0.6) is 0 Å². The molecule has 1 aromatic carbocycles. The predicted molar refractivity (Wildman–Crippen MR) is 77.3 cm³/mol. The normalized spacial score (nSPS) is 12.1. The van der Waals surface area contributed by atoms with E-state index >= 15 is 0 Å². The molecule has 1 unspecified atom stereocenters. The van der Waals surface area contributed by atoms with E-state index in [4.69, 9.17) is 0 Å². The number of nitrogens with one attached hydrogen (secondary N) is 1. The number of hydrogen-bond donors (Lipinski definition) is 1. The van der Waals surface area contributed by atoms with Crippen LogP contribution in [0.1, 0.15) is 29.7 Å². The molecule has 1 heterocycles. The summed E-state index contributed by atoms with van der Waals surface area (Å²) in [7, 11) is 0. The van der Waals surface area contributed by atoms with Crippen LogP contribution in [0, 0.1) is 17.0 Å². The highest BCUT2D eigenvalue weighted by molar-refractivity contribution is 5.41. The van der Waals surface area contributed by atoms with Gasteiger partial charge in [-0.15, -0.1) is 0 Å². The van der Waals surface area contributed by atoms with Crippen molar-refractivity contribution in [1.29, 1.82) is 0 Å². The first-order chi connectivity index (χ1) is 9.59. The van der Waals surface area contributed by atoms with Crippen LogP contribution in [0.3, 0.4) is 0 Å². The van der Waals surface area contributed by atoms with Gasteiger partial charge in [0.1, 0.15) is 0 Å². The average Bonchev–Trinajstić information content (AvgIpc) is 2.46. The van der Waals surface area contributed by atoms with E-state index < -0.39 is 0 Å². The number of pyridine rings is 1. The SMILES string of the molecule is Cc1cnccc1CNC(C)c1ccccc1[N+](=O)[O-]. The molecule has 0 saturated carbocycles. The number of para-hydroxylation sites is 1. The average molecular weight is 271 g/mol. The molecule has 2 rings (SSSR count). The maximum Gasteiger partial charge on any atom is 0.274 e. The number of aromatic nitrogens is 1. The number of benzene rings is 1. The lowest BCUT2D eigenvalue weighted by Crippen LogP contribution is -2.19. The molecule has 2 aromatic rings. The fraction of sp³-hybridized carbons (Fsp3) is 0.267. The number of nitrogens with zero attached hydrogens (tertiary/aromatic N) is 2.